The molecule has 0 aliphatic carbocycles. The molecule has 0 aromatic heterocycles. The number of hydrogen-bond acceptors (Lipinski definition) is 4. The van der Waals surface area contributed by atoms with Gasteiger partial charge in [-0.05, 0) is 24.6 Å². The second-order valence-corrected chi connectivity index (χ2v) is 5.90. The Bertz CT molecular complexity index is 845. The van der Waals surface area contributed by atoms with E-state index < -0.39 is 5.41 Å². The van der Waals surface area contributed by atoms with Crippen LogP contribution in [0.4, 0.5) is 5.69 Å². The van der Waals surface area contributed by atoms with Crippen molar-refractivity contribution in [3.63, 3.8) is 0 Å². The lowest BCUT2D eigenvalue weighted by Gasteiger charge is -2.20. The van der Waals surface area contributed by atoms with Gasteiger partial charge in [-0.25, -0.2) is 0 Å². The molecule has 2 aromatic rings. The molecule has 22 heavy (non-hydrogen) atoms. The van der Waals surface area contributed by atoms with Crippen molar-refractivity contribution in [2.24, 2.45) is 0 Å². The van der Waals surface area contributed by atoms with Crippen LogP contribution in [0.5, 0.6) is 17.2 Å². The van der Waals surface area contributed by atoms with Gasteiger partial charge in [-0.15, -0.1) is 0 Å². The first-order valence-electron chi connectivity index (χ1n) is 7.18. The SMILES string of the molecule is Cc1ccc2c(c1)C1(COc3cc4c(cc31)OCO4)C(=O)N2. The van der Waals surface area contributed by atoms with E-state index in [-0.39, 0.29) is 12.7 Å². The van der Waals surface area contributed by atoms with E-state index in [2.05, 4.69) is 11.4 Å². The van der Waals surface area contributed by atoms with Crippen LogP contribution >= 0.6 is 0 Å². The minimum Gasteiger partial charge on any atom is -0.491 e. The molecule has 1 N–H and O–H groups in total. The number of benzene rings is 2. The number of aryl methyl sites for hydroxylation is 1. The Kier molecular flexibility index (Phi) is 2.02. The first-order chi connectivity index (χ1) is 10.7. The molecular formula is C17H13NO4. The summed E-state index contributed by atoms with van der Waals surface area (Å²) in [7, 11) is 0. The third-order valence-corrected chi connectivity index (χ3v) is 4.65. The number of ether oxygens (including phenoxy) is 3. The summed E-state index contributed by atoms with van der Waals surface area (Å²) in [4.78, 5) is 12.8. The summed E-state index contributed by atoms with van der Waals surface area (Å²) in [6.45, 7) is 2.52. The summed E-state index contributed by atoms with van der Waals surface area (Å²) in [5, 5.41) is 2.97. The molecule has 5 rings (SSSR count). The number of hydrogen-bond donors (Lipinski definition) is 1. The molecule has 5 nitrogen and oxygen atoms in total. The second-order valence-electron chi connectivity index (χ2n) is 5.90. The monoisotopic (exact) mass is 295 g/mol. The van der Waals surface area contributed by atoms with Crippen LogP contribution in [-0.4, -0.2) is 19.3 Å². The fourth-order valence-corrected chi connectivity index (χ4v) is 3.52. The standard InChI is InChI=1S/C17H13NO4/c1-9-2-3-12-10(4-9)17(16(19)18-12)7-20-13-6-15-14(5-11(13)17)21-8-22-15/h2-6H,7-8H2,1H3,(H,18,19). The maximum atomic E-state index is 12.8. The molecule has 1 spiro atoms. The Hall–Kier alpha value is -2.69. The van der Waals surface area contributed by atoms with E-state index in [0.717, 1.165) is 22.4 Å². The Morgan fingerprint density at radius 3 is 2.68 bits per heavy atom. The molecule has 3 aliphatic heterocycles. The first kappa shape index (κ1) is 11.9. The zero-order valence-electron chi connectivity index (χ0n) is 11.9. The fraction of sp³-hybridized carbons (Fsp3) is 0.235. The second kappa shape index (κ2) is 3.74. The predicted molar refractivity (Wildman–Crippen MR) is 78.6 cm³/mol. The third-order valence-electron chi connectivity index (χ3n) is 4.65. The van der Waals surface area contributed by atoms with Gasteiger partial charge in [-0.3, -0.25) is 4.79 Å². The molecule has 0 fully saturated rings. The van der Waals surface area contributed by atoms with Gasteiger partial charge in [0.1, 0.15) is 17.8 Å². The quantitative estimate of drug-likeness (QED) is 0.810. The number of anilines is 1. The Labute approximate surface area is 126 Å². The van der Waals surface area contributed by atoms with Gasteiger partial charge in [-0.2, -0.15) is 0 Å². The fourth-order valence-electron chi connectivity index (χ4n) is 3.52. The number of rotatable bonds is 0. The molecule has 1 atom stereocenters. The summed E-state index contributed by atoms with van der Waals surface area (Å²) in [6.07, 6.45) is 0. The zero-order chi connectivity index (χ0) is 14.9. The Balaban J connectivity index is 1.79. The summed E-state index contributed by atoms with van der Waals surface area (Å²) in [5.41, 5.74) is 2.99. The average Bonchev–Trinajstić information content (AvgIpc) is 3.17. The van der Waals surface area contributed by atoms with Crippen molar-refractivity contribution < 1.29 is 19.0 Å². The predicted octanol–water partition coefficient (Wildman–Crippen LogP) is 2.35. The highest BCUT2D eigenvalue weighted by atomic mass is 16.7. The average molecular weight is 295 g/mol. The summed E-state index contributed by atoms with van der Waals surface area (Å²) >= 11 is 0. The molecule has 3 heterocycles. The maximum absolute atomic E-state index is 12.8. The molecule has 1 amide bonds. The number of nitrogens with one attached hydrogen (secondary N) is 1. The van der Waals surface area contributed by atoms with Gasteiger partial charge in [-0.1, -0.05) is 17.7 Å². The van der Waals surface area contributed by atoms with E-state index in [1.54, 1.807) is 0 Å². The van der Waals surface area contributed by atoms with Crippen molar-refractivity contribution in [3.05, 3.63) is 47.0 Å². The molecule has 0 saturated carbocycles. The van der Waals surface area contributed by atoms with Gasteiger partial charge < -0.3 is 19.5 Å². The zero-order valence-corrected chi connectivity index (χ0v) is 11.9. The van der Waals surface area contributed by atoms with Crippen LogP contribution in [0.1, 0.15) is 16.7 Å². The smallest absolute Gasteiger partial charge is 0.243 e. The highest BCUT2D eigenvalue weighted by Crippen LogP contribution is 2.53. The van der Waals surface area contributed by atoms with Gasteiger partial charge in [0.2, 0.25) is 12.7 Å². The summed E-state index contributed by atoms with van der Waals surface area (Å²) in [6, 6.07) is 9.68. The maximum Gasteiger partial charge on any atom is 0.243 e. The Morgan fingerprint density at radius 1 is 1.00 bits per heavy atom. The molecule has 0 bridgehead atoms. The molecule has 0 saturated heterocycles. The highest BCUT2D eigenvalue weighted by molar-refractivity contribution is 6.10. The van der Waals surface area contributed by atoms with Crippen LogP contribution in [0, 0.1) is 6.92 Å². The normalized spacial score (nSPS) is 23.2. The van der Waals surface area contributed by atoms with Crippen LogP contribution in [0.25, 0.3) is 0 Å². The van der Waals surface area contributed by atoms with Gasteiger partial charge in [0, 0.05) is 17.3 Å². The lowest BCUT2D eigenvalue weighted by molar-refractivity contribution is -0.119. The first-order valence-corrected chi connectivity index (χ1v) is 7.18. The van der Waals surface area contributed by atoms with Crippen molar-refractivity contribution in [1.82, 2.24) is 0 Å². The van der Waals surface area contributed by atoms with Crippen molar-refractivity contribution >= 4 is 11.6 Å². The van der Waals surface area contributed by atoms with Crippen LogP contribution < -0.4 is 19.5 Å². The number of carbonyl (C=O) groups is 1. The molecule has 5 heteroatoms. The Morgan fingerprint density at radius 2 is 1.82 bits per heavy atom. The van der Waals surface area contributed by atoms with Crippen molar-refractivity contribution in [1.29, 1.82) is 0 Å². The minimum absolute atomic E-state index is 0.0503. The van der Waals surface area contributed by atoms with Gasteiger partial charge in [0.05, 0.1) is 0 Å². The molecular weight excluding hydrogens is 282 g/mol. The van der Waals surface area contributed by atoms with E-state index in [9.17, 15) is 4.79 Å². The lowest BCUT2D eigenvalue weighted by Crippen LogP contribution is -2.37. The van der Waals surface area contributed by atoms with Crippen LogP contribution in [0.15, 0.2) is 30.3 Å². The van der Waals surface area contributed by atoms with E-state index in [4.69, 9.17) is 14.2 Å². The van der Waals surface area contributed by atoms with Gasteiger partial charge in [0.25, 0.3) is 0 Å². The van der Waals surface area contributed by atoms with Crippen LogP contribution in [0.3, 0.4) is 0 Å². The highest BCUT2D eigenvalue weighted by Gasteiger charge is 2.54. The number of carbonyl (C=O) groups excluding carboxylic acids is 1. The van der Waals surface area contributed by atoms with Gasteiger partial charge in [0.15, 0.2) is 11.5 Å². The lowest BCUT2D eigenvalue weighted by atomic mass is 9.76. The van der Waals surface area contributed by atoms with Crippen LogP contribution in [-0.2, 0) is 10.2 Å². The van der Waals surface area contributed by atoms with Gasteiger partial charge >= 0.3 is 0 Å². The van der Waals surface area contributed by atoms with Crippen molar-refractivity contribution in [2.75, 3.05) is 18.7 Å². The summed E-state index contributed by atoms with van der Waals surface area (Å²) < 4.78 is 16.7. The molecule has 3 aliphatic rings. The number of fused-ring (bicyclic) bond motifs is 5. The molecule has 0 radical (unpaired) electrons. The van der Waals surface area contributed by atoms with Crippen molar-refractivity contribution in [3.8, 4) is 17.2 Å². The minimum atomic E-state index is -0.794. The molecule has 2 aromatic carbocycles. The third kappa shape index (κ3) is 1.27. The number of amides is 1. The molecule has 1 unspecified atom stereocenters. The summed E-state index contributed by atoms with van der Waals surface area (Å²) in [5.74, 6) is 1.97. The van der Waals surface area contributed by atoms with Crippen molar-refractivity contribution in [2.45, 2.75) is 12.3 Å². The molecule has 110 valence electrons. The topological polar surface area (TPSA) is 56.8 Å². The van der Waals surface area contributed by atoms with Crippen LogP contribution in [0.2, 0.25) is 0 Å². The van der Waals surface area contributed by atoms with E-state index >= 15 is 0 Å². The van der Waals surface area contributed by atoms with E-state index in [1.165, 1.54) is 0 Å². The largest absolute Gasteiger partial charge is 0.491 e. The van der Waals surface area contributed by atoms with E-state index in [1.807, 2.05) is 31.2 Å². The van der Waals surface area contributed by atoms with E-state index in [0.29, 0.717) is 23.9 Å².